The summed E-state index contributed by atoms with van der Waals surface area (Å²) in [6.07, 6.45) is 1.39. The van der Waals surface area contributed by atoms with Crippen LogP contribution in [0.1, 0.15) is 15.9 Å². The average Bonchev–Trinajstić information content (AvgIpc) is 2.36. The Morgan fingerprint density at radius 1 is 1.32 bits per heavy atom. The zero-order chi connectivity index (χ0) is 14.0. The van der Waals surface area contributed by atoms with Crippen LogP contribution in [0.3, 0.4) is 0 Å². The fourth-order valence-electron chi connectivity index (χ4n) is 1.51. The zero-order valence-electron chi connectivity index (χ0n) is 9.88. The van der Waals surface area contributed by atoms with E-state index in [1.165, 1.54) is 12.3 Å². The molecule has 0 bridgehead atoms. The highest BCUT2D eigenvalue weighted by Gasteiger charge is 2.10. The van der Waals surface area contributed by atoms with Crippen molar-refractivity contribution in [2.24, 2.45) is 0 Å². The molecule has 1 aromatic carbocycles. The van der Waals surface area contributed by atoms with Gasteiger partial charge in [-0.3, -0.25) is 4.79 Å². The van der Waals surface area contributed by atoms with Crippen LogP contribution in [0.4, 0.5) is 5.69 Å². The number of hydrogen-bond donors (Lipinski definition) is 1. The maximum atomic E-state index is 12.1. The monoisotopic (exact) mass is 406 g/mol. The summed E-state index contributed by atoms with van der Waals surface area (Å²) in [6.45, 7) is 1.94. The number of anilines is 1. The first-order chi connectivity index (χ1) is 8.97. The summed E-state index contributed by atoms with van der Waals surface area (Å²) in [7, 11) is 0. The van der Waals surface area contributed by atoms with Gasteiger partial charge in [-0.15, -0.1) is 0 Å². The molecule has 98 valence electrons. The largest absolute Gasteiger partial charge is 0.322 e. The second-order valence-corrected chi connectivity index (χ2v) is 5.92. The molecule has 0 atom stereocenters. The number of nitrogens with one attached hydrogen (secondary N) is 1. The minimum atomic E-state index is -0.268. The lowest BCUT2D eigenvalue weighted by molar-refractivity contribution is 0.102. The Kier molecular flexibility index (Phi) is 4.65. The van der Waals surface area contributed by atoms with Crippen molar-refractivity contribution in [3.8, 4) is 0 Å². The van der Waals surface area contributed by atoms with Gasteiger partial charge in [-0.25, -0.2) is 4.98 Å². The lowest BCUT2D eigenvalue weighted by atomic mass is 10.2. The van der Waals surface area contributed by atoms with E-state index < -0.39 is 0 Å². The van der Waals surface area contributed by atoms with Crippen LogP contribution in [0.15, 0.2) is 30.5 Å². The van der Waals surface area contributed by atoms with Crippen LogP contribution in [-0.4, -0.2) is 10.9 Å². The van der Waals surface area contributed by atoms with E-state index in [1.807, 2.05) is 25.1 Å². The predicted octanol–water partition coefficient (Wildman–Crippen LogP) is 4.55. The van der Waals surface area contributed by atoms with Gasteiger partial charge in [-0.2, -0.15) is 0 Å². The number of hydrogen-bond acceptors (Lipinski definition) is 2. The highest BCUT2D eigenvalue weighted by molar-refractivity contribution is 14.1. The first kappa shape index (κ1) is 14.6. The van der Waals surface area contributed by atoms with Crippen LogP contribution in [0, 0.1) is 10.5 Å². The first-order valence-electron chi connectivity index (χ1n) is 5.36. The zero-order valence-corrected chi connectivity index (χ0v) is 13.5. The van der Waals surface area contributed by atoms with Crippen LogP contribution in [0.2, 0.25) is 10.2 Å². The number of aromatic nitrogens is 1. The Labute approximate surface area is 134 Å². The normalized spacial score (nSPS) is 10.3. The summed E-state index contributed by atoms with van der Waals surface area (Å²) < 4.78 is 1.12. The number of carbonyl (C=O) groups excluding carboxylic acids is 1. The number of rotatable bonds is 2. The molecule has 0 fully saturated rings. The maximum Gasteiger partial charge on any atom is 0.257 e. The number of pyridine rings is 1. The average molecular weight is 407 g/mol. The number of carbonyl (C=O) groups is 1. The molecule has 0 aliphatic carbocycles. The molecule has 6 heteroatoms. The highest BCUT2D eigenvalue weighted by Crippen LogP contribution is 2.22. The van der Waals surface area contributed by atoms with E-state index in [-0.39, 0.29) is 16.1 Å². The van der Waals surface area contributed by atoms with Crippen LogP contribution in [0.25, 0.3) is 0 Å². The molecule has 19 heavy (non-hydrogen) atoms. The molecule has 0 spiro atoms. The smallest absolute Gasteiger partial charge is 0.257 e. The van der Waals surface area contributed by atoms with Crippen molar-refractivity contribution >= 4 is 57.4 Å². The minimum absolute atomic E-state index is 0.184. The molecule has 0 radical (unpaired) electrons. The first-order valence-corrected chi connectivity index (χ1v) is 7.19. The second-order valence-electron chi connectivity index (χ2n) is 3.91. The van der Waals surface area contributed by atoms with Gasteiger partial charge in [0.15, 0.2) is 0 Å². The molecule has 2 rings (SSSR count). The summed E-state index contributed by atoms with van der Waals surface area (Å²) in [4.78, 5) is 15.9. The maximum absolute atomic E-state index is 12.1. The van der Waals surface area contributed by atoms with Crippen LogP contribution in [0.5, 0.6) is 0 Å². The van der Waals surface area contributed by atoms with E-state index in [0.29, 0.717) is 5.56 Å². The molecular weight excluding hydrogens is 398 g/mol. The van der Waals surface area contributed by atoms with Gasteiger partial charge in [0.2, 0.25) is 0 Å². The van der Waals surface area contributed by atoms with E-state index in [0.717, 1.165) is 14.8 Å². The van der Waals surface area contributed by atoms with E-state index >= 15 is 0 Å². The van der Waals surface area contributed by atoms with Crippen molar-refractivity contribution in [1.82, 2.24) is 4.98 Å². The molecule has 2 aromatic rings. The van der Waals surface area contributed by atoms with Gasteiger partial charge in [0.05, 0.1) is 10.6 Å². The quantitative estimate of drug-likeness (QED) is 0.587. The lowest BCUT2D eigenvalue weighted by Crippen LogP contribution is -2.13. The number of nitrogens with zero attached hydrogens (tertiary/aromatic N) is 1. The summed E-state index contributed by atoms with van der Waals surface area (Å²) in [5.74, 6) is -0.268. The fraction of sp³-hybridized carbons (Fsp3) is 0.0769. The summed E-state index contributed by atoms with van der Waals surface area (Å²) >= 11 is 13.8. The third-order valence-electron chi connectivity index (χ3n) is 2.50. The number of halogens is 3. The Bertz CT molecular complexity index is 647. The van der Waals surface area contributed by atoms with Crippen molar-refractivity contribution in [2.45, 2.75) is 6.92 Å². The molecule has 0 unspecified atom stereocenters. The Morgan fingerprint density at radius 2 is 2.05 bits per heavy atom. The van der Waals surface area contributed by atoms with Crippen molar-refractivity contribution in [3.63, 3.8) is 0 Å². The highest BCUT2D eigenvalue weighted by atomic mass is 127. The van der Waals surface area contributed by atoms with Crippen molar-refractivity contribution in [2.75, 3.05) is 5.32 Å². The summed E-state index contributed by atoms with van der Waals surface area (Å²) in [5, 5.41) is 3.26. The molecule has 1 aromatic heterocycles. The van der Waals surface area contributed by atoms with Gasteiger partial charge >= 0.3 is 0 Å². The third-order valence-corrected chi connectivity index (χ3v) is 3.85. The van der Waals surface area contributed by atoms with E-state index in [1.54, 1.807) is 0 Å². The Hall–Kier alpha value is -0.850. The van der Waals surface area contributed by atoms with E-state index in [9.17, 15) is 4.79 Å². The van der Waals surface area contributed by atoms with Crippen molar-refractivity contribution in [3.05, 3.63) is 55.3 Å². The topological polar surface area (TPSA) is 42.0 Å². The molecular formula is C13H9Cl2IN2O. The predicted molar refractivity (Wildman–Crippen MR) is 86.1 cm³/mol. The second kappa shape index (κ2) is 6.07. The minimum Gasteiger partial charge on any atom is -0.322 e. The van der Waals surface area contributed by atoms with E-state index in [4.69, 9.17) is 23.2 Å². The standard InChI is InChI=1S/C13H9Cl2IN2O/c1-7-4-9(16)2-3-11(7)18-13(19)8-5-10(14)12(15)17-6-8/h2-6H,1H3,(H,18,19). The molecule has 3 nitrogen and oxygen atoms in total. The van der Waals surface area contributed by atoms with Crippen molar-refractivity contribution in [1.29, 1.82) is 0 Å². The number of aryl methyl sites for hydroxylation is 1. The van der Waals surface area contributed by atoms with Gasteiger partial charge < -0.3 is 5.32 Å². The SMILES string of the molecule is Cc1cc(I)ccc1NC(=O)c1cnc(Cl)c(Cl)c1. The summed E-state index contributed by atoms with van der Waals surface area (Å²) in [5.41, 5.74) is 2.12. The van der Waals surface area contributed by atoms with Gasteiger partial charge in [0, 0.05) is 15.5 Å². The molecule has 1 amide bonds. The molecule has 0 saturated heterocycles. The fourth-order valence-corrected chi connectivity index (χ4v) is 2.42. The van der Waals surface area contributed by atoms with Crippen LogP contribution < -0.4 is 5.32 Å². The number of amides is 1. The Morgan fingerprint density at radius 3 is 2.68 bits per heavy atom. The summed E-state index contributed by atoms with van der Waals surface area (Å²) in [6, 6.07) is 7.27. The lowest BCUT2D eigenvalue weighted by Gasteiger charge is -2.09. The van der Waals surface area contributed by atoms with Crippen molar-refractivity contribution < 1.29 is 4.79 Å². The Balaban J connectivity index is 2.23. The molecule has 0 aliphatic heterocycles. The van der Waals surface area contributed by atoms with Gasteiger partial charge in [-0.05, 0) is 59.3 Å². The van der Waals surface area contributed by atoms with Crippen LogP contribution >= 0.6 is 45.8 Å². The van der Waals surface area contributed by atoms with Crippen LogP contribution in [-0.2, 0) is 0 Å². The third kappa shape index (κ3) is 3.58. The molecule has 1 heterocycles. The molecule has 1 N–H and O–H groups in total. The van der Waals surface area contributed by atoms with Gasteiger partial charge in [-0.1, -0.05) is 23.2 Å². The van der Waals surface area contributed by atoms with Gasteiger partial charge in [0.25, 0.3) is 5.91 Å². The van der Waals surface area contributed by atoms with Gasteiger partial charge in [0.1, 0.15) is 5.15 Å². The molecule has 0 aliphatic rings. The van der Waals surface area contributed by atoms with E-state index in [2.05, 4.69) is 32.9 Å². The molecule has 0 saturated carbocycles. The number of benzene rings is 1.